The first-order chi connectivity index (χ1) is 11.8. The van der Waals surface area contributed by atoms with Gasteiger partial charge in [-0.2, -0.15) is 0 Å². The summed E-state index contributed by atoms with van der Waals surface area (Å²) < 4.78 is 8.85. The van der Waals surface area contributed by atoms with Gasteiger partial charge in [0.15, 0.2) is 0 Å². The molecule has 0 aromatic rings. The molecule has 11 nitrogen and oxygen atoms in total. The first-order valence-corrected chi connectivity index (χ1v) is 7.67. The molecule has 26 heavy (non-hydrogen) atoms. The topological polar surface area (TPSA) is 134 Å². The number of esters is 4. The quantitative estimate of drug-likeness (QED) is 0.366. The molecule has 0 spiro atoms. The summed E-state index contributed by atoms with van der Waals surface area (Å²) in [5.41, 5.74) is 0. The third kappa shape index (κ3) is 7.25. The summed E-state index contributed by atoms with van der Waals surface area (Å²) in [5.74, 6) is -3.56. The molecule has 0 saturated carbocycles. The van der Waals surface area contributed by atoms with E-state index in [9.17, 15) is 24.0 Å². The molecule has 0 amide bonds. The van der Waals surface area contributed by atoms with Crippen molar-refractivity contribution in [1.29, 1.82) is 0 Å². The van der Waals surface area contributed by atoms with Crippen LogP contribution >= 0.6 is 0 Å². The van der Waals surface area contributed by atoms with Gasteiger partial charge in [-0.3, -0.25) is 38.7 Å². The fourth-order valence-electron chi connectivity index (χ4n) is 2.57. The second-order valence-electron chi connectivity index (χ2n) is 5.78. The van der Waals surface area contributed by atoms with E-state index in [1.54, 1.807) is 14.7 Å². The van der Waals surface area contributed by atoms with Crippen LogP contribution in [0, 0.1) is 0 Å². The van der Waals surface area contributed by atoms with Gasteiger partial charge in [-0.15, -0.1) is 0 Å². The van der Waals surface area contributed by atoms with E-state index in [0.29, 0.717) is 26.2 Å². The Bertz CT molecular complexity index is 505. The lowest BCUT2D eigenvalue weighted by molar-refractivity contribution is -0.168. The van der Waals surface area contributed by atoms with E-state index < -0.39 is 29.8 Å². The van der Waals surface area contributed by atoms with Crippen LogP contribution in [-0.4, -0.2) is 109 Å². The molecule has 2 aliphatic heterocycles. The molecule has 0 radical (unpaired) electrons. The van der Waals surface area contributed by atoms with Gasteiger partial charge in [-0.05, 0) is 0 Å². The second kappa shape index (κ2) is 9.94. The zero-order valence-corrected chi connectivity index (χ0v) is 13.5. The number of nitrogens with zero attached hydrogens (tertiary/aromatic N) is 3. The number of cyclic esters (lactones) is 4. The van der Waals surface area contributed by atoms with Gasteiger partial charge in [0.1, 0.15) is 0 Å². The third-order valence-corrected chi connectivity index (χ3v) is 3.69. The Labute approximate surface area is 150 Å². The fraction of sp³-hybridized carbons (Fsp3) is 0.667. The lowest BCUT2D eigenvalue weighted by Gasteiger charge is -2.30. The Kier molecular flexibility index (Phi) is 8.29. The van der Waals surface area contributed by atoms with E-state index in [1.807, 2.05) is 0 Å². The summed E-state index contributed by atoms with van der Waals surface area (Å²) in [6, 6.07) is 0. The van der Waals surface area contributed by atoms with Crippen molar-refractivity contribution in [2.24, 2.45) is 0 Å². The number of carbonyl (C=O) groups excluding carboxylic acids is 4. The third-order valence-electron chi connectivity index (χ3n) is 3.69. The summed E-state index contributed by atoms with van der Waals surface area (Å²) in [4.78, 5) is 60.7. The number of morpholine rings is 2. The Morgan fingerprint density at radius 2 is 1.19 bits per heavy atom. The maximum absolute atomic E-state index is 11.2. The Morgan fingerprint density at radius 3 is 1.50 bits per heavy atom. The van der Waals surface area contributed by atoms with Crippen molar-refractivity contribution in [1.82, 2.24) is 14.7 Å². The van der Waals surface area contributed by atoms with Crippen LogP contribution in [0.2, 0.25) is 0 Å². The number of aliphatic carboxylic acids is 1. The van der Waals surface area contributed by atoms with Gasteiger partial charge in [0.25, 0.3) is 0 Å². The van der Waals surface area contributed by atoms with Gasteiger partial charge in [0.2, 0.25) is 0 Å². The van der Waals surface area contributed by atoms with Crippen LogP contribution in [0.3, 0.4) is 0 Å². The van der Waals surface area contributed by atoms with Crippen LogP contribution in [0.15, 0.2) is 0 Å². The molecule has 2 saturated heterocycles. The van der Waals surface area contributed by atoms with Crippen molar-refractivity contribution >= 4 is 29.8 Å². The van der Waals surface area contributed by atoms with Gasteiger partial charge < -0.3 is 14.6 Å². The van der Waals surface area contributed by atoms with Gasteiger partial charge >= 0.3 is 29.8 Å². The highest BCUT2D eigenvalue weighted by Gasteiger charge is 2.27. The zero-order chi connectivity index (χ0) is 18.4. The molecule has 0 unspecified atom stereocenters. The molecule has 1 N–H and O–H groups in total. The number of ether oxygens (including phenoxy) is 2. The molecule has 146 valence electrons. The SMILES string of the molecule is C.O=C(O)CN(CCN1CC(=O)OC(=O)C1)CCN1CC(=O)OC(=O)C1. The van der Waals surface area contributed by atoms with E-state index in [2.05, 4.69) is 9.47 Å². The average Bonchev–Trinajstić information content (AvgIpc) is 2.47. The number of carboxylic acid groups (broad SMARTS) is 1. The number of carboxylic acids is 1. The molecule has 2 heterocycles. The van der Waals surface area contributed by atoms with Crippen molar-refractivity contribution in [3.63, 3.8) is 0 Å². The first kappa shape index (κ1) is 21.7. The summed E-state index contributed by atoms with van der Waals surface area (Å²) in [7, 11) is 0. The summed E-state index contributed by atoms with van der Waals surface area (Å²) in [5, 5.41) is 9.00. The molecule has 0 bridgehead atoms. The van der Waals surface area contributed by atoms with Crippen molar-refractivity contribution < 1.29 is 38.6 Å². The maximum atomic E-state index is 11.2. The molecular formula is C15H23N3O8. The van der Waals surface area contributed by atoms with Crippen LogP contribution in [-0.2, 0) is 33.4 Å². The Morgan fingerprint density at radius 1 is 0.846 bits per heavy atom. The lowest BCUT2D eigenvalue weighted by Crippen LogP contribution is -2.49. The molecule has 2 rings (SSSR count). The van der Waals surface area contributed by atoms with E-state index >= 15 is 0 Å². The summed E-state index contributed by atoms with van der Waals surface area (Å²) >= 11 is 0. The molecule has 0 aromatic heterocycles. The van der Waals surface area contributed by atoms with Gasteiger partial charge in [0.05, 0.1) is 32.7 Å². The molecule has 0 aromatic carbocycles. The number of rotatable bonds is 8. The largest absolute Gasteiger partial charge is 0.480 e. The van der Waals surface area contributed by atoms with Gasteiger partial charge in [0, 0.05) is 26.2 Å². The smallest absolute Gasteiger partial charge is 0.327 e. The fourth-order valence-corrected chi connectivity index (χ4v) is 2.57. The highest BCUT2D eigenvalue weighted by molar-refractivity contribution is 5.90. The Balaban J connectivity index is 0.00000338. The Hall–Kier alpha value is -2.37. The molecular weight excluding hydrogens is 350 g/mol. The highest BCUT2D eigenvalue weighted by atomic mass is 16.6. The summed E-state index contributed by atoms with van der Waals surface area (Å²) in [6.07, 6.45) is 0. The van der Waals surface area contributed by atoms with Crippen molar-refractivity contribution in [2.75, 3.05) is 58.9 Å². The van der Waals surface area contributed by atoms with E-state index in [-0.39, 0.29) is 40.2 Å². The van der Waals surface area contributed by atoms with Gasteiger partial charge in [-0.1, -0.05) is 7.43 Å². The lowest BCUT2D eigenvalue weighted by atomic mass is 10.3. The standard InChI is InChI=1S/C14H19N3O8.CH4/c18-10(19)5-15(1-3-16-6-11(20)24-12(21)7-16)2-4-17-8-13(22)25-14(23)9-17;/h1-9H2,(H,18,19);1H4. The van der Waals surface area contributed by atoms with Crippen LogP contribution in [0.4, 0.5) is 0 Å². The minimum atomic E-state index is -1.02. The highest BCUT2D eigenvalue weighted by Crippen LogP contribution is 2.03. The van der Waals surface area contributed by atoms with Crippen LogP contribution < -0.4 is 0 Å². The van der Waals surface area contributed by atoms with E-state index in [0.717, 1.165) is 0 Å². The zero-order valence-electron chi connectivity index (χ0n) is 13.5. The van der Waals surface area contributed by atoms with Crippen molar-refractivity contribution in [3.8, 4) is 0 Å². The molecule has 0 atom stereocenters. The minimum absolute atomic E-state index is 0. The van der Waals surface area contributed by atoms with E-state index in [1.165, 1.54) is 0 Å². The maximum Gasteiger partial charge on any atom is 0.327 e. The van der Waals surface area contributed by atoms with Crippen molar-refractivity contribution in [3.05, 3.63) is 0 Å². The number of hydrogen-bond acceptors (Lipinski definition) is 10. The van der Waals surface area contributed by atoms with Crippen LogP contribution in [0.5, 0.6) is 0 Å². The number of carbonyl (C=O) groups is 5. The summed E-state index contributed by atoms with van der Waals surface area (Å²) in [6.45, 7) is 0.886. The van der Waals surface area contributed by atoms with Crippen molar-refractivity contribution in [2.45, 2.75) is 7.43 Å². The molecule has 2 aliphatic rings. The predicted molar refractivity (Wildman–Crippen MR) is 85.9 cm³/mol. The minimum Gasteiger partial charge on any atom is -0.480 e. The van der Waals surface area contributed by atoms with E-state index in [4.69, 9.17) is 5.11 Å². The normalized spacial score (nSPS) is 19.1. The van der Waals surface area contributed by atoms with Crippen LogP contribution in [0.25, 0.3) is 0 Å². The monoisotopic (exact) mass is 373 g/mol. The second-order valence-corrected chi connectivity index (χ2v) is 5.78. The average molecular weight is 373 g/mol. The van der Waals surface area contributed by atoms with Crippen LogP contribution in [0.1, 0.15) is 7.43 Å². The first-order valence-electron chi connectivity index (χ1n) is 7.67. The predicted octanol–water partition coefficient (Wildman–Crippen LogP) is -2.22. The molecule has 0 aliphatic carbocycles. The van der Waals surface area contributed by atoms with Gasteiger partial charge in [-0.25, -0.2) is 0 Å². The molecule has 2 fully saturated rings. The number of hydrogen-bond donors (Lipinski definition) is 1. The molecule has 11 heteroatoms.